The van der Waals surface area contributed by atoms with Crippen LogP contribution in [0.1, 0.15) is 31.0 Å². The van der Waals surface area contributed by atoms with E-state index in [1.807, 2.05) is 0 Å². The lowest BCUT2D eigenvalue weighted by molar-refractivity contribution is -0.121. The molecule has 7 heteroatoms. The standard InChI is InChI=1S/C19H17ClFN3O2/c1-3-11(2)23-16-9-15(13(21)8-17(16)26-10-18(23)25)24-19(20)12-6-4-5-7-14(12)22-24/h1,8-9,11H,4-7,10H2,2H3. The maximum absolute atomic E-state index is 14.8. The van der Waals surface area contributed by atoms with E-state index in [9.17, 15) is 9.18 Å². The molecule has 0 saturated heterocycles. The van der Waals surface area contributed by atoms with Crippen molar-refractivity contribution in [2.75, 3.05) is 11.5 Å². The number of hydrogen-bond acceptors (Lipinski definition) is 3. The molecule has 0 spiro atoms. The number of nitrogens with zero attached hydrogens (tertiary/aromatic N) is 3. The van der Waals surface area contributed by atoms with Crippen LogP contribution in [0.2, 0.25) is 5.15 Å². The molecule has 1 aromatic heterocycles. The molecule has 2 aromatic rings. The smallest absolute Gasteiger partial charge is 0.266 e. The molecule has 134 valence electrons. The van der Waals surface area contributed by atoms with Crippen molar-refractivity contribution in [1.82, 2.24) is 9.78 Å². The van der Waals surface area contributed by atoms with Gasteiger partial charge in [-0.3, -0.25) is 9.69 Å². The first-order valence-corrected chi connectivity index (χ1v) is 8.90. The number of aromatic nitrogens is 2. The summed E-state index contributed by atoms with van der Waals surface area (Å²) in [6, 6.07) is 2.30. The zero-order valence-corrected chi connectivity index (χ0v) is 15.0. The van der Waals surface area contributed by atoms with Gasteiger partial charge in [-0.25, -0.2) is 9.07 Å². The van der Waals surface area contributed by atoms with Gasteiger partial charge in [-0.15, -0.1) is 6.42 Å². The fraction of sp³-hybridized carbons (Fsp3) is 0.368. The second-order valence-corrected chi connectivity index (χ2v) is 6.86. The lowest BCUT2D eigenvalue weighted by Crippen LogP contribution is -2.44. The molecule has 2 heterocycles. The third-order valence-corrected chi connectivity index (χ3v) is 5.25. The SMILES string of the molecule is C#CC(C)N1C(=O)COc2cc(F)c(-n3nc4c(c3Cl)CCCC4)cc21. The van der Waals surface area contributed by atoms with Crippen molar-refractivity contribution in [3.63, 3.8) is 0 Å². The van der Waals surface area contributed by atoms with Gasteiger partial charge in [-0.2, -0.15) is 5.10 Å². The second kappa shape index (κ2) is 6.33. The van der Waals surface area contributed by atoms with E-state index < -0.39 is 11.9 Å². The normalized spacial score (nSPS) is 17.2. The molecule has 4 rings (SSSR count). The molecular formula is C19H17ClFN3O2. The third kappa shape index (κ3) is 2.55. The van der Waals surface area contributed by atoms with Gasteiger partial charge in [0.2, 0.25) is 0 Å². The fourth-order valence-electron chi connectivity index (χ4n) is 3.52. The van der Waals surface area contributed by atoms with E-state index in [4.69, 9.17) is 22.8 Å². The molecule has 1 amide bonds. The molecule has 1 aromatic carbocycles. The van der Waals surface area contributed by atoms with Gasteiger partial charge in [0.1, 0.15) is 16.6 Å². The molecule has 1 unspecified atom stereocenters. The number of anilines is 1. The lowest BCUT2D eigenvalue weighted by atomic mass is 9.99. The van der Waals surface area contributed by atoms with Gasteiger partial charge in [0, 0.05) is 11.6 Å². The van der Waals surface area contributed by atoms with Gasteiger partial charge < -0.3 is 4.74 Å². The van der Waals surface area contributed by atoms with Crippen LogP contribution in [0.15, 0.2) is 12.1 Å². The molecule has 0 radical (unpaired) electrons. The Labute approximate surface area is 155 Å². The molecule has 1 aliphatic heterocycles. The van der Waals surface area contributed by atoms with Crippen LogP contribution in [0.25, 0.3) is 5.69 Å². The van der Waals surface area contributed by atoms with Crippen LogP contribution in [0, 0.1) is 18.2 Å². The number of rotatable bonds is 2. The molecule has 5 nitrogen and oxygen atoms in total. The van der Waals surface area contributed by atoms with Gasteiger partial charge in [0.25, 0.3) is 5.91 Å². The maximum atomic E-state index is 14.8. The Hall–Kier alpha value is -2.52. The topological polar surface area (TPSA) is 47.4 Å². The monoisotopic (exact) mass is 373 g/mol. The van der Waals surface area contributed by atoms with Gasteiger partial charge >= 0.3 is 0 Å². The van der Waals surface area contributed by atoms with Crippen LogP contribution in [0.3, 0.4) is 0 Å². The van der Waals surface area contributed by atoms with E-state index in [0.717, 1.165) is 36.9 Å². The molecule has 0 bridgehead atoms. The Bertz CT molecular complexity index is 947. The number of aryl methyl sites for hydroxylation is 1. The molecule has 0 saturated carbocycles. The third-order valence-electron chi connectivity index (χ3n) is 4.86. The number of carbonyl (C=O) groups excluding carboxylic acids is 1. The van der Waals surface area contributed by atoms with Gasteiger partial charge in [-0.1, -0.05) is 17.5 Å². The zero-order valence-electron chi connectivity index (χ0n) is 14.3. The highest BCUT2D eigenvalue weighted by Gasteiger charge is 2.31. The maximum Gasteiger partial charge on any atom is 0.266 e. The fourth-order valence-corrected chi connectivity index (χ4v) is 3.85. The first kappa shape index (κ1) is 16.9. The Balaban J connectivity index is 1.87. The molecule has 26 heavy (non-hydrogen) atoms. The number of halogens is 2. The van der Waals surface area contributed by atoms with Crippen molar-refractivity contribution < 1.29 is 13.9 Å². The predicted octanol–water partition coefficient (Wildman–Crippen LogP) is 3.29. The highest BCUT2D eigenvalue weighted by atomic mass is 35.5. The molecule has 2 aliphatic rings. The Morgan fingerprint density at radius 3 is 2.85 bits per heavy atom. The van der Waals surface area contributed by atoms with Crippen LogP contribution in [-0.2, 0) is 17.6 Å². The average molecular weight is 374 g/mol. The summed E-state index contributed by atoms with van der Waals surface area (Å²) < 4.78 is 21.6. The first-order chi connectivity index (χ1) is 12.5. The van der Waals surface area contributed by atoms with E-state index in [2.05, 4.69) is 11.0 Å². The van der Waals surface area contributed by atoms with E-state index in [-0.39, 0.29) is 24.0 Å². The summed E-state index contributed by atoms with van der Waals surface area (Å²) in [7, 11) is 0. The van der Waals surface area contributed by atoms with Gasteiger partial charge in [-0.05, 0) is 38.7 Å². The number of ether oxygens (including phenoxy) is 1. The quantitative estimate of drug-likeness (QED) is 0.759. The van der Waals surface area contributed by atoms with Crippen LogP contribution >= 0.6 is 11.6 Å². The van der Waals surface area contributed by atoms with Crippen molar-refractivity contribution in [2.24, 2.45) is 0 Å². The lowest BCUT2D eigenvalue weighted by Gasteiger charge is -2.32. The summed E-state index contributed by atoms with van der Waals surface area (Å²) in [6.07, 6.45) is 9.25. The number of carbonyl (C=O) groups is 1. The predicted molar refractivity (Wildman–Crippen MR) is 96.5 cm³/mol. The van der Waals surface area contributed by atoms with E-state index in [1.54, 1.807) is 6.92 Å². The minimum atomic E-state index is -0.520. The summed E-state index contributed by atoms with van der Waals surface area (Å²) in [6.45, 7) is 1.56. The minimum Gasteiger partial charge on any atom is -0.481 e. The average Bonchev–Trinajstić information content (AvgIpc) is 2.98. The number of terminal acetylenes is 1. The minimum absolute atomic E-state index is 0.172. The molecular weight excluding hydrogens is 357 g/mol. The first-order valence-electron chi connectivity index (χ1n) is 8.52. The van der Waals surface area contributed by atoms with Crippen LogP contribution < -0.4 is 9.64 Å². The number of hydrogen-bond donors (Lipinski definition) is 0. The Kier molecular flexibility index (Phi) is 4.12. The summed E-state index contributed by atoms with van der Waals surface area (Å²) in [4.78, 5) is 13.7. The zero-order chi connectivity index (χ0) is 18.4. The van der Waals surface area contributed by atoms with E-state index >= 15 is 0 Å². The summed E-state index contributed by atoms with van der Waals surface area (Å²) >= 11 is 6.48. The molecule has 0 fully saturated rings. The van der Waals surface area contributed by atoms with E-state index in [0.29, 0.717) is 10.8 Å². The highest BCUT2D eigenvalue weighted by Crippen LogP contribution is 2.38. The molecule has 1 atom stereocenters. The van der Waals surface area contributed by atoms with Crippen molar-refractivity contribution >= 4 is 23.2 Å². The van der Waals surface area contributed by atoms with Gasteiger partial charge in [0.05, 0.1) is 17.4 Å². The van der Waals surface area contributed by atoms with Crippen LogP contribution in [0.4, 0.5) is 10.1 Å². The number of amides is 1. The number of fused-ring (bicyclic) bond motifs is 2. The summed E-state index contributed by atoms with van der Waals surface area (Å²) in [5, 5.41) is 4.91. The number of benzene rings is 1. The molecule has 0 N–H and O–H groups in total. The van der Waals surface area contributed by atoms with Crippen molar-refractivity contribution in [2.45, 2.75) is 38.6 Å². The van der Waals surface area contributed by atoms with Crippen molar-refractivity contribution in [3.8, 4) is 23.8 Å². The van der Waals surface area contributed by atoms with Crippen LogP contribution in [-0.4, -0.2) is 28.3 Å². The van der Waals surface area contributed by atoms with Crippen LogP contribution in [0.5, 0.6) is 5.75 Å². The summed E-state index contributed by atoms with van der Waals surface area (Å²) in [5.41, 5.74) is 2.47. The largest absolute Gasteiger partial charge is 0.481 e. The Morgan fingerprint density at radius 2 is 2.12 bits per heavy atom. The van der Waals surface area contributed by atoms with Crippen molar-refractivity contribution in [1.29, 1.82) is 0 Å². The van der Waals surface area contributed by atoms with E-state index in [1.165, 1.54) is 21.7 Å². The second-order valence-electron chi connectivity index (χ2n) is 6.50. The van der Waals surface area contributed by atoms with Gasteiger partial charge in [0.15, 0.2) is 12.4 Å². The Morgan fingerprint density at radius 1 is 1.35 bits per heavy atom. The summed E-state index contributed by atoms with van der Waals surface area (Å²) in [5.74, 6) is 2.02. The molecule has 1 aliphatic carbocycles. The van der Waals surface area contributed by atoms with Crippen molar-refractivity contribution in [3.05, 3.63) is 34.4 Å². The highest BCUT2D eigenvalue weighted by molar-refractivity contribution is 6.30.